The number of rotatable bonds is 2. The topological polar surface area (TPSA) is 20.2 Å². The van der Waals surface area contributed by atoms with Crippen LogP contribution in [-0.4, -0.2) is 5.11 Å². The van der Waals surface area contributed by atoms with Crippen molar-refractivity contribution in [2.24, 2.45) is 11.8 Å². The highest BCUT2D eigenvalue weighted by molar-refractivity contribution is 7.10. The van der Waals surface area contributed by atoms with Crippen LogP contribution in [0.5, 0.6) is 0 Å². The summed E-state index contributed by atoms with van der Waals surface area (Å²) >= 11 is 7.54. The number of hydrogen-bond donors (Lipinski definition) is 1. The first-order chi connectivity index (χ1) is 6.03. The van der Waals surface area contributed by atoms with Crippen molar-refractivity contribution in [3.8, 4) is 0 Å². The van der Waals surface area contributed by atoms with E-state index in [1.165, 1.54) is 0 Å². The first kappa shape index (κ1) is 9.50. The average molecular weight is 217 g/mol. The van der Waals surface area contributed by atoms with Crippen LogP contribution >= 0.6 is 22.9 Å². The van der Waals surface area contributed by atoms with Gasteiger partial charge in [-0.25, -0.2) is 0 Å². The molecule has 72 valence electrons. The standard InChI is InChI=1S/C10H13ClOS/c1-6-5-7(6)10(2,12)9-8(11)3-4-13-9/h3-4,6-7,12H,5H2,1-2H3. The summed E-state index contributed by atoms with van der Waals surface area (Å²) in [6, 6.07) is 1.85. The summed E-state index contributed by atoms with van der Waals surface area (Å²) in [7, 11) is 0. The van der Waals surface area contributed by atoms with Gasteiger partial charge < -0.3 is 5.11 Å². The van der Waals surface area contributed by atoms with Crippen LogP contribution in [0.15, 0.2) is 11.4 Å². The lowest BCUT2D eigenvalue weighted by atomic mass is 9.97. The minimum Gasteiger partial charge on any atom is -0.384 e. The van der Waals surface area contributed by atoms with Crippen LogP contribution in [0.3, 0.4) is 0 Å². The second-order valence-corrected chi connectivity index (χ2v) is 5.39. The second-order valence-electron chi connectivity index (χ2n) is 4.06. The summed E-state index contributed by atoms with van der Waals surface area (Å²) in [5.41, 5.74) is -0.718. The van der Waals surface area contributed by atoms with Crippen molar-refractivity contribution in [3.63, 3.8) is 0 Å². The summed E-state index contributed by atoms with van der Waals surface area (Å²) in [4.78, 5) is 0.920. The third-order valence-corrected chi connectivity index (χ3v) is 4.48. The molecule has 3 atom stereocenters. The molecule has 1 fully saturated rings. The van der Waals surface area contributed by atoms with E-state index >= 15 is 0 Å². The first-order valence-corrected chi connectivity index (χ1v) is 5.75. The molecule has 0 radical (unpaired) electrons. The Balaban J connectivity index is 2.29. The molecule has 1 saturated carbocycles. The maximum atomic E-state index is 10.3. The molecular formula is C10H13ClOS. The Kier molecular flexibility index (Phi) is 2.17. The van der Waals surface area contributed by atoms with Gasteiger partial charge >= 0.3 is 0 Å². The number of hydrogen-bond acceptors (Lipinski definition) is 2. The van der Waals surface area contributed by atoms with Gasteiger partial charge in [-0.15, -0.1) is 11.3 Å². The van der Waals surface area contributed by atoms with E-state index < -0.39 is 5.60 Å². The normalized spacial score (nSPS) is 31.4. The summed E-state index contributed by atoms with van der Waals surface area (Å²) in [5.74, 6) is 1.02. The zero-order valence-corrected chi connectivity index (χ0v) is 9.32. The second kappa shape index (κ2) is 2.97. The van der Waals surface area contributed by atoms with Gasteiger partial charge in [0.2, 0.25) is 0 Å². The van der Waals surface area contributed by atoms with E-state index in [-0.39, 0.29) is 0 Å². The average Bonchev–Trinajstić information content (AvgIpc) is 2.60. The molecule has 1 aromatic heterocycles. The molecule has 3 unspecified atom stereocenters. The van der Waals surface area contributed by atoms with E-state index in [1.54, 1.807) is 11.3 Å². The molecular weight excluding hydrogens is 204 g/mol. The molecule has 0 aliphatic heterocycles. The summed E-state index contributed by atoms with van der Waals surface area (Å²) < 4.78 is 0. The Morgan fingerprint density at radius 1 is 1.69 bits per heavy atom. The maximum absolute atomic E-state index is 10.3. The van der Waals surface area contributed by atoms with Crippen LogP contribution in [0.4, 0.5) is 0 Å². The monoisotopic (exact) mass is 216 g/mol. The smallest absolute Gasteiger partial charge is 0.100 e. The molecule has 2 rings (SSSR count). The van der Waals surface area contributed by atoms with Gasteiger partial charge in [0, 0.05) is 0 Å². The van der Waals surface area contributed by atoms with Crippen LogP contribution in [0.1, 0.15) is 25.1 Å². The first-order valence-electron chi connectivity index (χ1n) is 4.49. The summed E-state index contributed by atoms with van der Waals surface area (Å²) in [6.07, 6.45) is 1.11. The molecule has 0 saturated heterocycles. The molecule has 3 heteroatoms. The van der Waals surface area contributed by atoms with Gasteiger partial charge in [-0.05, 0) is 36.6 Å². The van der Waals surface area contributed by atoms with Gasteiger partial charge in [-0.3, -0.25) is 0 Å². The molecule has 1 aromatic rings. The highest BCUT2D eigenvalue weighted by Gasteiger charge is 2.48. The number of halogens is 1. The quantitative estimate of drug-likeness (QED) is 0.805. The third-order valence-electron chi connectivity index (χ3n) is 2.91. The van der Waals surface area contributed by atoms with E-state index in [0.717, 1.165) is 11.3 Å². The third kappa shape index (κ3) is 1.51. The van der Waals surface area contributed by atoms with E-state index in [0.29, 0.717) is 16.9 Å². The highest BCUT2D eigenvalue weighted by atomic mass is 35.5. The summed E-state index contributed by atoms with van der Waals surface area (Å²) in [6.45, 7) is 4.04. The van der Waals surface area contributed by atoms with E-state index in [2.05, 4.69) is 6.92 Å². The van der Waals surface area contributed by atoms with Crippen LogP contribution in [0.25, 0.3) is 0 Å². The molecule has 1 N–H and O–H groups in total. The zero-order valence-electron chi connectivity index (χ0n) is 7.75. The van der Waals surface area contributed by atoms with E-state index in [4.69, 9.17) is 11.6 Å². The van der Waals surface area contributed by atoms with Crippen LogP contribution in [-0.2, 0) is 5.60 Å². The van der Waals surface area contributed by atoms with Crippen molar-refractivity contribution in [2.45, 2.75) is 25.9 Å². The van der Waals surface area contributed by atoms with E-state index in [9.17, 15) is 5.11 Å². The molecule has 1 aliphatic rings. The Labute approximate surface area is 87.4 Å². The van der Waals surface area contributed by atoms with Crippen molar-refractivity contribution in [2.75, 3.05) is 0 Å². The molecule has 13 heavy (non-hydrogen) atoms. The fourth-order valence-corrected chi connectivity index (χ4v) is 3.30. The molecule has 0 aromatic carbocycles. The fourth-order valence-electron chi connectivity index (χ4n) is 1.93. The van der Waals surface area contributed by atoms with Gasteiger partial charge in [0.05, 0.1) is 9.90 Å². The Hall–Kier alpha value is -0.0500. The molecule has 1 heterocycles. The lowest BCUT2D eigenvalue weighted by Gasteiger charge is -2.22. The van der Waals surface area contributed by atoms with Crippen molar-refractivity contribution in [1.29, 1.82) is 0 Å². The molecule has 0 spiro atoms. The summed E-state index contributed by atoms with van der Waals surface area (Å²) in [5, 5.41) is 12.9. The molecule has 0 bridgehead atoms. The lowest BCUT2D eigenvalue weighted by Crippen LogP contribution is -2.23. The van der Waals surface area contributed by atoms with Gasteiger partial charge in [0.25, 0.3) is 0 Å². The SMILES string of the molecule is CC1CC1C(C)(O)c1sccc1Cl. The molecule has 1 aliphatic carbocycles. The predicted molar refractivity (Wildman–Crippen MR) is 56.2 cm³/mol. The van der Waals surface area contributed by atoms with Gasteiger partial charge in [-0.2, -0.15) is 0 Å². The van der Waals surface area contributed by atoms with Crippen molar-refractivity contribution < 1.29 is 5.11 Å². The number of thiophene rings is 1. The Morgan fingerprint density at radius 2 is 2.31 bits per heavy atom. The Bertz CT molecular complexity index is 318. The van der Waals surface area contributed by atoms with Gasteiger partial charge in [0.1, 0.15) is 5.60 Å². The van der Waals surface area contributed by atoms with Crippen molar-refractivity contribution >= 4 is 22.9 Å². The van der Waals surface area contributed by atoms with Crippen LogP contribution < -0.4 is 0 Å². The van der Waals surface area contributed by atoms with Crippen molar-refractivity contribution in [3.05, 3.63) is 21.3 Å². The Morgan fingerprint density at radius 3 is 2.69 bits per heavy atom. The zero-order chi connectivity index (χ0) is 9.64. The van der Waals surface area contributed by atoms with E-state index in [1.807, 2.05) is 18.4 Å². The molecule has 0 amide bonds. The van der Waals surface area contributed by atoms with Crippen molar-refractivity contribution in [1.82, 2.24) is 0 Å². The van der Waals surface area contributed by atoms with Gasteiger partial charge in [0.15, 0.2) is 0 Å². The number of aliphatic hydroxyl groups is 1. The fraction of sp³-hybridized carbons (Fsp3) is 0.600. The highest BCUT2D eigenvalue weighted by Crippen LogP contribution is 2.52. The minimum atomic E-state index is -0.718. The van der Waals surface area contributed by atoms with Crippen LogP contribution in [0, 0.1) is 11.8 Å². The minimum absolute atomic E-state index is 0.392. The predicted octanol–water partition coefficient (Wildman–Crippen LogP) is 3.27. The van der Waals surface area contributed by atoms with Crippen LogP contribution in [0.2, 0.25) is 5.02 Å². The lowest BCUT2D eigenvalue weighted by molar-refractivity contribution is 0.0321. The molecule has 1 nitrogen and oxygen atoms in total. The largest absolute Gasteiger partial charge is 0.384 e. The maximum Gasteiger partial charge on any atom is 0.100 e. The van der Waals surface area contributed by atoms with Gasteiger partial charge in [-0.1, -0.05) is 18.5 Å².